The van der Waals surface area contributed by atoms with Crippen molar-refractivity contribution >= 4 is 11.7 Å². The van der Waals surface area contributed by atoms with Crippen molar-refractivity contribution in [3.8, 4) is 16.9 Å². The Morgan fingerprint density at radius 3 is 2.29 bits per heavy atom. The highest BCUT2D eigenvalue weighted by Gasteiger charge is 2.37. The summed E-state index contributed by atoms with van der Waals surface area (Å²) in [5, 5.41) is 10.6. The maximum Gasteiger partial charge on any atom is 0.337 e. The number of ether oxygens (including phenoxy) is 2. The van der Waals surface area contributed by atoms with Gasteiger partial charge >= 0.3 is 5.97 Å². The minimum Gasteiger partial charge on any atom is -0.493 e. The van der Waals surface area contributed by atoms with Crippen LogP contribution in [0.3, 0.4) is 0 Å². The fourth-order valence-electron chi connectivity index (χ4n) is 6.45. The number of carboxylic acid groups (broad SMARTS) is 1. The Balaban J connectivity index is 1.57. The molecule has 1 saturated heterocycles. The molecular formula is C41H50FN3O4. The highest BCUT2D eigenvalue weighted by molar-refractivity contribution is 5.88. The molecule has 49 heavy (non-hydrogen) atoms. The molecule has 1 N–H and O–H groups in total. The first-order valence-electron chi connectivity index (χ1n) is 17.4. The van der Waals surface area contributed by atoms with Gasteiger partial charge in [0.1, 0.15) is 11.6 Å². The van der Waals surface area contributed by atoms with Gasteiger partial charge in [-0.25, -0.2) is 9.18 Å². The number of benzene rings is 2. The van der Waals surface area contributed by atoms with Gasteiger partial charge in [-0.2, -0.15) is 0 Å². The largest absolute Gasteiger partial charge is 0.493 e. The van der Waals surface area contributed by atoms with Crippen molar-refractivity contribution in [2.45, 2.75) is 91.8 Å². The van der Waals surface area contributed by atoms with Crippen LogP contribution >= 0.6 is 0 Å². The zero-order chi connectivity index (χ0) is 35.2. The molecule has 0 saturated carbocycles. The first-order valence-corrected chi connectivity index (χ1v) is 17.4. The Morgan fingerprint density at radius 1 is 0.980 bits per heavy atom. The Kier molecular flexibility index (Phi) is 11.4. The van der Waals surface area contributed by atoms with Gasteiger partial charge in [-0.15, -0.1) is 0 Å². The van der Waals surface area contributed by atoms with Gasteiger partial charge in [-0.1, -0.05) is 44.2 Å². The molecule has 3 heterocycles. The Morgan fingerprint density at radius 2 is 1.67 bits per heavy atom. The minimum atomic E-state index is -1.19. The lowest BCUT2D eigenvalue weighted by Gasteiger charge is -2.41. The second-order valence-corrected chi connectivity index (χ2v) is 14.8. The number of hydrogen-bond donors (Lipinski definition) is 1. The lowest BCUT2D eigenvalue weighted by molar-refractivity contribution is -0.160. The fraction of sp³-hybridized carbons (Fsp3) is 0.439. The summed E-state index contributed by atoms with van der Waals surface area (Å²) in [4.78, 5) is 25.0. The minimum absolute atomic E-state index is 0.200. The van der Waals surface area contributed by atoms with Crippen LogP contribution in [0, 0.1) is 18.2 Å². The number of anilines is 1. The number of nitrogens with zero attached hydrogens (tertiary/aromatic N) is 3. The average molecular weight is 668 g/mol. The molecule has 8 heteroatoms. The molecule has 260 valence electrons. The molecule has 1 aliphatic heterocycles. The zero-order valence-electron chi connectivity index (χ0n) is 29.8. The van der Waals surface area contributed by atoms with Gasteiger partial charge in [0, 0.05) is 48.2 Å². The summed E-state index contributed by atoms with van der Waals surface area (Å²) in [6.07, 6.45) is 5.61. The smallest absolute Gasteiger partial charge is 0.337 e. The maximum atomic E-state index is 13.3. The van der Waals surface area contributed by atoms with E-state index in [1.165, 1.54) is 12.1 Å². The van der Waals surface area contributed by atoms with E-state index in [1.807, 2.05) is 76.4 Å². The van der Waals surface area contributed by atoms with E-state index in [0.717, 1.165) is 78.3 Å². The number of aryl methyl sites for hydroxylation is 3. The summed E-state index contributed by atoms with van der Waals surface area (Å²) in [6, 6.07) is 20.5. The quantitative estimate of drug-likeness (QED) is 0.152. The van der Waals surface area contributed by atoms with Crippen LogP contribution in [0.4, 0.5) is 10.1 Å². The maximum absolute atomic E-state index is 13.3. The van der Waals surface area contributed by atoms with Crippen LogP contribution in [-0.2, 0) is 28.8 Å². The van der Waals surface area contributed by atoms with Gasteiger partial charge in [0.05, 0.1) is 23.6 Å². The normalized spacial score (nSPS) is 15.2. The van der Waals surface area contributed by atoms with Crippen molar-refractivity contribution in [1.29, 1.82) is 0 Å². The lowest BCUT2D eigenvalue weighted by atomic mass is 9.81. The molecule has 0 amide bonds. The third-order valence-electron chi connectivity index (χ3n) is 9.15. The highest BCUT2D eigenvalue weighted by atomic mass is 19.1. The molecule has 0 bridgehead atoms. The summed E-state index contributed by atoms with van der Waals surface area (Å²) in [5.74, 6) is -0.557. The Bertz CT molecular complexity index is 1690. The third kappa shape index (κ3) is 9.66. The van der Waals surface area contributed by atoms with Crippen LogP contribution < -0.4 is 9.64 Å². The molecule has 0 aliphatic carbocycles. The van der Waals surface area contributed by atoms with Gasteiger partial charge < -0.3 is 19.5 Å². The van der Waals surface area contributed by atoms with Crippen molar-refractivity contribution in [2.24, 2.45) is 5.41 Å². The molecule has 0 spiro atoms. The van der Waals surface area contributed by atoms with Crippen LogP contribution in [0.1, 0.15) is 88.2 Å². The Labute approximate surface area is 290 Å². The Hall–Kier alpha value is -4.30. The van der Waals surface area contributed by atoms with Crippen LogP contribution in [0.15, 0.2) is 72.9 Å². The van der Waals surface area contributed by atoms with E-state index < -0.39 is 17.7 Å². The van der Waals surface area contributed by atoms with Gasteiger partial charge in [0.25, 0.3) is 0 Å². The molecule has 7 nitrogen and oxygen atoms in total. The summed E-state index contributed by atoms with van der Waals surface area (Å²) < 4.78 is 25.7. The van der Waals surface area contributed by atoms with E-state index in [-0.39, 0.29) is 11.2 Å². The monoisotopic (exact) mass is 667 g/mol. The highest BCUT2D eigenvalue weighted by Crippen LogP contribution is 2.45. The number of halogens is 1. The van der Waals surface area contributed by atoms with E-state index in [9.17, 15) is 14.3 Å². The number of hydrogen-bond acceptors (Lipinski definition) is 6. The summed E-state index contributed by atoms with van der Waals surface area (Å²) in [7, 11) is 0. The average Bonchev–Trinajstić information content (AvgIpc) is 3.05. The van der Waals surface area contributed by atoms with Crippen LogP contribution in [0.2, 0.25) is 0 Å². The first-order chi connectivity index (χ1) is 23.3. The number of carboxylic acids is 1. The van der Waals surface area contributed by atoms with E-state index in [2.05, 4.69) is 23.7 Å². The molecule has 2 aromatic heterocycles. The number of piperidine rings is 1. The van der Waals surface area contributed by atoms with Gasteiger partial charge in [0.2, 0.25) is 0 Å². The molecule has 2 aromatic carbocycles. The zero-order valence-corrected chi connectivity index (χ0v) is 29.8. The molecule has 1 fully saturated rings. The third-order valence-corrected chi connectivity index (χ3v) is 9.15. The predicted molar refractivity (Wildman–Crippen MR) is 193 cm³/mol. The van der Waals surface area contributed by atoms with E-state index in [4.69, 9.17) is 14.5 Å². The van der Waals surface area contributed by atoms with E-state index >= 15 is 0 Å². The number of aliphatic carboxylic acids is 1. The first kappa shape index (κ1) is 36.0. The van der Waals surface area contributed by atoms with Crippen molar-refractivity contribution < 1.29 is 23.8 Å². The number of rotatable bonds is 13. The van der Waals surface area contributed by atoms with Crippen LogP contribution in [0.5, 0.6) is 5.75 Å². The molecule has 0 radical (unpaired) electrons. The molecule has 1 atom stereocenters. The topological polar surface area (TPSA) is 84.8 Å². The molecule has 5 rings (SSSR count). The summed E-state index contributed by atoms with van der Waals surface area (Å²) >= 11 is 0. The fourth-order valence-corrected chi connectivity index (χ4v) is 6.45. The second-order valence-electron chi connectivity index (χ2n) is 14.8. The van der Waals surface area contributed by atoms with Crippen molar-refractivity contribution in [1.82, 2.24) is 9.97 Å². The van der Waals surface area contributed by atoms with Crippen molar-refractivity contribution in [3.05, 3.63) is 107 Å². The van der Waals surface area contributed by atoms with Gasteiger partial charge in [-0.3, -0.25) is 9.97 Å². The molecular weight excluding hydrogens is 617 g/mol. The molecule has 1 aliphatic rings. The summed E-state index contributed by atoms with van der Waals surface area (Å²) in [6.45, 7) is 14.2. The number of pyridine rings is 2. The van der Waals surface area contributed by atoms with Gasteiger partial charge in [0.15, 0.2) is 6.10 Å². The summed E-state index contributed by atoms with van der Waals surface area (Å²) in [5.41, 5.74) is 6.57. The predicted octanol–water partition coefficient (Wildman–Crippen LogP) is 8.96. The van der Waals surface area contributed by atoms with E-state index in [0.29, 0.717) is 30.7 Å². The SMILES string of the molecule is Cc1nc(CCCc2ccccn2)c(-c2ccc(OCCc3ccc(F)cc3)cc2)c(N2CCC(C)(C)CC2)c1[C@H](OC(C)(C)C)C(=O)O. The van der Waals surface area contributed by atoms with Crippen LogP contribution in [-0.4, -0.2) is 46.3 Å². The standard InChI is InChI=1S/C41H50FN3O4/c1-28-35(38(39(46)47)49-40(2,3)4)37(45-25-22-41(5,6)23-26-45)36(34(44-28)12-9-11-32-10-7-8-24-43-32)30-15-19-33(20-16-30)48-27-21-29-13-17-31(42)18-14-29/h7-8,10,13-20,24,38H,9,11-12,21-23,25-27H2,1-6H3,(H,46,47)/t38-/m0/s1. The van der Waals surface area contributed by atoms with E-state index in [1.54, 1.807) is 12.1 Å². The van der Waals surface area contributed by atoms with Crippen LogP contribution in [0.25, 0.3) is 11.1 Å². The lowest BCUT2D eigenvalue weighted by Crippen LogP contribution is -2.39. The number of aromatic nitrogens is 2. The van der Waals surface area contributed by atoms with Gasteiger partial charge in [-0.05, 0) is 113 Å². The molecule has 4 aromatic rings. The van der Waals surface area contributed by atoms with Crippen molar-refractivity contribution in [2.75, 3.05) is 24.6 Å². The number of carbonyl (C=O) groups is 1. The molecule has 0 unspecified atom stereocenters. The van der Waals surface area contributed by atoms with Crippen molar-refractivity contribution in [3.63, 3.8) is 0 Å². The second kappa shape index (κ2) is 15.5.